The number of amides is 1. The first-order valence-corrected chi connectivity index (χ1v) is 10.5. The summed E-state index contributed by atoms with van der Waals surface area (Å²) in [4.78, 5) is 21.3. The van der Waals surface area contributed by atoms with Crippen molar-refractivity contribution < 1.29 is 13.9 Å². The molecule has 4 heterocycles. The zero-order valence-electron chi connectivity index (χ0n) is 15.8. The molecule has 0 unspecified atom stereocenters. The molecular weight excluding hydrogens is 372 g/mol. The second-order valence-electron chi connectivity index (χ2n) is 7.48. The van der Waals surface area contributed by atoms with Crippen molar-refractivity contribution >= 4 is 17.2 Å². The summed E-state index contributed by atoms with van der Waals surface area (Å²) in [5.74, 6) is 0.278. The van der Waals surface area contributed by atoms with Gasteiger partial charge in [0, 0.05) is 22.8 Å². The highest BCUT2D eigenvalue weighted by molar-refractivity contribution is 7.15. The molecule has 0 aliphatic carbocycles. The molecule has 28 heavy (non-hydrogen) atoms. The molecule has 3 aromatic rings. The van der Waals surface area contributed by atoms with Gasteiger partial charge in [-0.3, -0.25) is 4.79 Å². The van der Waals surface area contributed by atoms with Crippen LogP contribution in [0.5, 0.6) is 0 Å². The first-order valence-electron chi connectivity index (χ1n) is 9.68. The topological polar surface area (TPSA) is 55.6 Å². The first kappa shape index (κ1) is 17.6. The van der Waals surface area contributed by atoms with E-state index < -0.39 is 0 Å². The number of carbonyl (C=O) groups is 1. The van der Waals surface area contributed by atoms with Gasteiger partial charge in [0.1, 0.15) is 5.60 Å². The van der Waals surface area contributed by atoms with E-state index in [1.54, 1.807) is 6.92 Å². The van der Waals surface area contributed by atoms with Crippen LogP contribution < -0.4 is 0 Å². The number of hydrogen-bond acceptors (Lipinski definition) is 5. The third kappa shape index (κ3) is 2.88. The minimum absolute atomic E-state index is 0.0722. The molecule has 6 heteroatoms. The highest BCUT2D eigenvalue weighted by Crippen LogP contribution is 2.47. The second kappa shape index (κ2) is 6.87. The summed E-state index contributed by atoms with van der Waals surface area (Å²) in [5, 5.41) is 0. The molecule has 1 saturated heterocycles. The van der Waals surface area contributed by atoms with Crippen LogP contribution in [0.3, 0.4) is 0 Å². The number of thiophene rings is 1. The number of benzene rings is 1. The molecule has 1 amide bonds. The predicted molar refractivity (Wildman–Crippen MR) is 107 cm³/mol. The van der Waals surface area contributed by atoms with Gasteiger partial charge < -0.3 is 14.1 Å². The zero-order chi connectivity index (χ0) is 19.1. The van der Waals surface area contributed by atoms with E-state index in [1.807, 2.05) is 22.3 Å². The minimum Gasteiger partial charge on any atom is -0.438 e. The van der Waals surface area contributed by atoms with E-state index in [0.29, 0.717) is 24.5 Å². The Hall–Kier alpha value is -2.44. The molecule has 2 aliphatic heterocycles. The van der Waals surface area contributed by atoms with Crippen molar-refractivity contribution in [2.24, 2.45) is 0 Å². The average molecular weight is 394 g/mol. The Balaban J connectivity index is 1.39. The molecule has 1 aromatic carbocycles. The van der Waals surface area contributed by atoms with Crippen molar-refractivity contribution in [2.75, 3.05) is 19.7 Å². The molecule has 0 N–H and O–H groups in total. The molecular formula is C22H22N2O3S. The first-order chi connectivity index (χ1) is 13.7. The van der Waals surface area contributed by atoms with Gasteiger partial charge >= 0.3 is 0 Å². The third-order valence-corrected chi connectivity index (χ3v) is 7.24. The Morgan fingerprint density at radius 1 is 1.21 bits per heavy atom. The summed E-state index contributed by atoms with van der Waals surface area (Å²) in [6.45, 7) is 3.87. The highest BCUT2D eigenvalue weighted by atomic mass is 32.1. The number of hydrogen-bond donors (Lipinski definition) is 0. The van der Waals surface area contributed by atoms with E-state index in [-0.39, 0.29) is 11.5 Å². The van der Waals surface area contributed by atoms with E-state index in [0.717, 1.165) is 25.9 Å². The maximum absolute atomic E-state index is 12.7. The Morgan fingerprint density at radius 2 is 2.00 bits per heavy atom. The lowest BCUT2D eigenvalue weighted by Gasteiger charge is -2.43. The van der Waals surface area contributed by atoms with Gasteiger partial charge in [-0.25, -0.2) is 4.98 Å². The Bertz CT molecular complexity index is 1000. The van der Waals surface area contributed by atoms with Crippen LogP contribution in [0.4, 0.5) is 0 Å². The molecule has 5 nitrogen and oxygen atoms in total. The number of rotatable bonds is 2. The maximum Gasteiger partial charge on any atom is 0.291 e. The molecule has 0 saturated carbocycles. The van der Waals surface area contributed by atoms with Crippen molar-refractivity contribution in [3.63, 3.8) is 0 Å². The number of ether oxygens (including phenoxy) is 1. The van der Waals surface area contributed by atoms with Crippen molar-refractivity contribution in [1.82, 2.24) is 9.88 Å². The number of aromatic nitrogens is 1. The predicted octanol–water partition coefficient (Wildman–Crippen LogP) is 4.42. The largest absolute Gasteiger partial charge is 0.438 e. The molecule has 0 atom stereocenters. The molecule has 144 valence electrons. The van der Waals surface area contributed by atoms with Gasteiger partial charge in [-0.05, 0) is 43.4 Å². The van der Waals surface area contributed by atoms with Crippen LogP contribution >= 0.6 is 11.3 Å². The van der Waals surface area contributed by atoms with Gasteiger partial charge in [0.05, 0.1) is 12.3 Å². The summed E-state index contributed by atoms with van der Waals surface area (Å²) in [7, 11) is 0. The fraction of sp³-hybridized carbons (Fsp3) is 0.364. The average Bonchev–Trinajstić information content (AvgIpc) is 3.36. The lowest BCUT2D eigenvalue weighted by atomic mass is 9.85. The standard InChI is InChI=1S/C22H22N2O3S/c1-15-19(26-14-23-15)21(25)24-10-8-22(9-11-24)20-17(7-12-27-22)13-18(28-20)16-5-3-2-4-6-16/h2-6,13-14H,7-12H2,1H3. The maximum atomic E-state index is 12.7. The summed E-state index contributed by atoms with van der Waals surface area (Å²) in [5.41, 5.74) is 3.04. The fourth-order valence-electron chi connectivity index (χ4n) is 4.26. The van der Waals surface area contributed by atoms with Gasteiger partial charge in [0.25, 0.3) is 5.91 Å². The van der Waals surface area contributed by atoms with E-state index in [1.165, 1.54) is 27.3 Å². The molecule has 1 fully saturated rings. The summed E-state index contributed by atoms with van der Waals surface area (Å²) >= 11 is 1.85. The number of aryl methyl sites for hydroxylation is 1. The van der Waals surface area contributed by atoms with Crippen molar-refractivity contribution in [3.8, 4) is 10.4 Å². The van der Waals surface area contributed by atoms with Crippen molar-refractivity contribution in [1.29, 1.82) is 0 Å². The number of carbonyl (C=O) groups excluding carboxylic acids is 1. The van der Waals surface area contributed by atoms with Crippen LogP contribution in [0.1, 0.15) is 39.5 Å². The number of nitrogens with zero attached hydrogens (tertiary/aromatic N) is 2. The lowest BCUT2D eigenvalue weighted by molar-refractivity contribution is -0.0908. The Kier molecular flexibility index (Phi) is 4.33. The number of likely N-dealkylation sites (tertiary alicyclic amines) is 1. The van der Waals surface area contributed by atoms with Crippen LogP contribution in [-0.4, -0.2) is 35.5 Å². The number of fused-ring (bicyclic) bond motifs is 2. The molecule has 1 spiro atoms. The van der Waals surface area contributed by atoms with Gasteiger partial charge in [0.15, 0.2) is 6.39 Å². The van der Waals surface area contributed by atoms with Gasteiger partial charge in [-0.1, -0.05) is 30.3 Å². The second-order valence-corrected chi connectivity index (χ2v) is 8.54. The zero-order valence-corrected chi connectivity index (χ0v) is 16.6. The summed E-state index contributed by atoms with van der Waals surface area (Å²) in [6.07, 6.45) is 3.92. The van der Waals surface area contributed by atoms with Crippen LogP contribution in [0, 0.1) is 6.92 Å². The van der Waals surface area contributed by atoms with E-state index in [9.17, 15) is 4.79 Å². The van der Waals surface area contributed by atoms with Gasteiger partial charge in [-0.15, -0.1) is 11.3 Å². The molecule has 5 rings (SSSR count). The normalized spacial score (nSPS) is 18.2. The fourth-order valence-corrected chi connectivity index (χ4v) is 5.68. The van der Waals surface area contributed by atoms with Crippen LogP contribution in [0.25, 0.3) is 10.4 Å². The van der Waals surface area contributed by atoms with Crippen LogP contribution in [-0.2, 0) is 16.8 Å². The monoisotopic (exact) mass is 394 g/mol. The highest BCUT2D eigenvalue weighted by Gasteiger charge is 2.43. The van der Waals surface area contributed by atoms with E-state index in [2.05, 4.69) is 35.3 Å². The molecule has 0 bridgehead atoms. The van der Waals surface area contributed by atoms with E-state index in [4.69, 9.17) is 9.15 Å². The van der Waals surface area contributed by atoms with E-state index >= 15 is 0 Å². The Morgan fingerprint density at radius 3 is 2.71 bits per heavy atom. The smallest absolute Gasteiger partial charge is 0.291 e. The summed E-state index contributed by atoms with van der Waals surface area (Å²) in [6, 6.07) is 12.9. The SMILES string of the molecule is Cc1ncoc1C(=O)N1CCC2(CC1)OCCc1cc(-c3ccccc3)sc12. The van der Waals surface area contributed by atoms with Crippen LogP contribution in [0.2, 0.25) is 0 Å². The molecule has 2 aromatic heterocycles. The minimum atomic E-state index is -0.265. The van der Waals surface area contributed by atoms with Crippen molar-refractivity contribution in [3.05, 3.63) is 64.7 Å². The number of piperidine rings is 1. The summed E-state index contributed by atoms with van der Waals surface area (Å²) < 4.78 is 11.7. The van der Waals surface area contributed by atoms with Gasteiger partial charge in [-0.2, -0.15) is 0 Å². The Labute approximate surface area is 168 Å². The quantitative estimate of drug-likeness (QED) is 0.646. The van der Waals surface area contributed by atoms with Crippen molar-refractivity contribution in [2.45, 2.75) is 31.8 Å². The molecule has 0 radical (unpaired) electrons. The van der Waals surface area contributed by atoms with Crippen LogP contribution in [0.15, 0.2) is 47.2 Å². The molecule has 2 aliphatic rings. The van der Waals surface area contributed by atoms with Gasteiger partial charge in [0.2, 0.25) is 5.76 Å². The lowest BCUT2D eigenvalue weighted by Crippen LogP contribution is -2.47. The third-order valence-electron chi connectivity index (χ3n) is 5.83. The number of oxazole rings is 1.